The molecular weight excluding hydrogens is 425 g/mol. The van der Waals surface area contributed by atoms with Crippen molar-refractivity contribution in [3.63, 3.8) is 0 Å². The van der Waals surface area contributed by atoms with Crippen LogP contribution in [0.4, 0.5) is 10.3 Å². The summed E-state index contributed by atoms with van der Waals surface area (Å²) >= 11 is 0. The molecule has 0 spiro atoms. The van der Waals surface area contributed by atoms with Crippen molar-refractivity contribution in [2.45, 2.75) is 26.1 Å². The number of rotatable bonds is 6. The van der Waals surface area contributed by atoms with Crippen molar-refractivity contribution >= 4 is 11.6 Å². The lowest BCUT2D eigenvalue weighted by Gasteiger charge is -2.15. The second kappa shape index (κ2) is 8.13. The molecule has 0 amide bonds. The Balaban J connectivity index is 1.58. The number of hydrogen-bond donors (Lipinski definition) is 2. The number of fused-ring (bicyclic) bond motifs is 2. The van der Waals surface area contributed by atoms with Gasteiger partial charge in [-0.05, 0) is 39.2 Å². The predicted molar refractivity (Wildman–Crippen MR) is 121 cm³/mol. The Labute approximate surface area is 190 Å². The first-order valence-corrected chi connectivity index (χ1v) is 10.7. The minimum Gasteiger partial charge on any atom is -0.493 e. The number of imidazole rings is 1. The van der Waals surface area contributed by atoms with Gasteiger partial charge in [0.2, 0.25) is 5.95 Å². The summed E-state index contributed by atoms with van der Waals surface area (Å²) in [4.78, 5) is 11.0. The summed E-state index contributed by atoms with van der Waals surface area (Å²) in [5, 5.41) is 18.3. The minimum atomic E-state index is -0.883. The lowest BCUT2D eigenvalue weighted by Crippen LogP contribution is -2.19. The zero-order valence-electron chi connectivity index (χ0n) is 19.0. The van der Waals surface area contributed by atoms with Crippen LogP contribution in [0.1, 0.15) is 28.7 Å². The Bertz CT molecular complexity index is 1340. The van der Waals surface area contributed by atoms with E-state index < -0.39 is 6.23 Å². The molecule has 0 aliphatic carbocycles. The van der Waals surface area contributed by atoms with Gasteiger partial charge in [-0.15, -0.1) is 0 Å². The number of aromatic nitrogens is 5. The number of aliphatic hydroxyl groups is 1. The van der Waals surface area contributed by atoms with Crippen LogP contribution in [0.2, 0.25) is 0 Å². The van der Waals surface area contributed by atoms with Gasteiger partial charge in [0, 0.05) is 43.5 Å². The summed E-state index contributed by atoms with van der Waals surface area (Å²) in [6, 6.07) is 5.07. The third kappa shape index (κ3) is 3.70. The Kier molecular flexibility index (Phi) is 5.26. The van der Waals surface area contributed by atoms with E-state index in [0.29, 0.717) is 35.9 Å². The highest BCUT2D eigenvalue weighted by molar-refractivity contribution is 5.76. The lowest BCUT2D eigenvalue weighted by molar-refractivity contribution is 0.0362. The largest absolute Gasteiger partial charge is 0.493 e. The van der Waals surface area contributed by atoms with Crippen LogP contribution >= 0.6 is 0 Å². The maximum Gasteiger partial charge on any atom is 0.208 e. The lowest BCUT2D eigenvalue weighted by atomic mass is 10.0. The van der Waals surface area contributed by atoms with Crippen molar-refractivity contribution in [1.82, 2.24) is 29.0 Å². The topological polar surface area (TPSA) is 92.7 Å². The molecule has 0 radical (unpaired) electrons. The van der Waals surface area contributed by atoms with Gasteiger partial charge in [0.05, 0.1) is 23.6 Å². The Hall–Kier alpha value is -3.50. The van der Waals surface area contributed by atoms with Crippen LogP contribution in [0.25, 0.3) is 16.9 Å². The van der Waals surface area contributed by atoms with E-state index in [1.807, 2.05) is 20.0 Å². The van der Waals surface area contributed by atoms with Crippen molar-refractivity contribution in [2.24, 2.45) is 7.05 Å². The van der Waals surface area contributed by atoms with Gasteiger partial charge in [-0.25, -0.2) is 14.4 Å². The van der Waals surface area contributed by atoms with Crippen LogP contribution in [-0.4, -0.2) is 54.9 Å². The SMILES string of the molecule is Cc1cc(-c2cnc(NCc3c(F)ccc4c3CCO4)n3cc(C(O)N(C)C)nc23)n(C)n1. The summed E-state index contributed by atoms with van der Waals surface area (Å²) in [6.45, 7) is 2.72. The summed E-state index contributed by atoms with van der Waals surface area (Å²) in [7, 11) is 5.42. The Morgan fingerprint density at radius 2 is 2.15 bits per heavy atom. The molecule has 1 atom stereocenters. The smallest absolute Gasteiger partial charge is 0.208 e. The van der Waals surface area contributed by atoms with Crippen molar-refractivity contribution in [2.75, 3.05) is 26.0 Å². The van der Waals surface area contributed by atoms with E-state index in [2.05, 4.69) is 15.4 Å². The molecule has 1 unspecified atom stereocenters. The number of ether oxygens (including phenoxy) is 1. The molecule has 0 saturated heterocycles. The maximum atomic E-state index is 14.6. The molecule has 1 aliphatic heterocycles. The number of hydrogen-bond acceptors (Lipinski definition) is 7. The highest BCUT2D eigenvalue weighted by Crippen LogP contribution is 2.32. The zero-order chi connectivity index (χ0) is 23.3. The summed E-state index contributed by atoms with van der Waals surface area (Å²) in [6.07, 6.45) is 3.26. The van der Waals surface area contributed by atoms with E-state index >= 15 is 0 Å². The predicted octanol–water partition coefficient (Wildman–Crippen LogP) is 2.68. The van der Waals surface area contributed by atoms with Gasteiger partial charge in [0.1, 0.15) is 17.3 Å². The second-order valence-electron chi connectivity index (χ2n) is 8.44. The first-order chi connectivity index (χ1) is 15.8. The number of nitrogens with one attached hydrogen (secondary N) is 1. The van der Waals surface area contributed by atoms with E-state index in [4.69, 9.17) is 9.72 Å². The fraction of sp³-hybridized carbons (Fsp3) is 0.348. The fourth-order valence-corrected chi connectivity index (χ4v) is 4.23. The second-order valence-corrected chi connectivity index (χ2v) is 8.44. The zero-order valence-corrected chi connectivity index (χ0v) is 19.0. The molecule has 5 rings (SSSR count). The van der Waals surface area contributed by atoms with Gasteiger partial charge in [-0.2, -0.15) is 5.10 Å². The van der Waals surface area contributed by atoms with Gasteiger partial charge in [-0.3, -0.25) is 14.0 Å². The molecule has 172 valence electrons. The van der Waals surface area contributed by atoms with Crippen molar-refractivity contribution in [1.29, 1.82) is 0 Å². The van der Waals surface area contributed by atoms with Crippen LogP contribution in [-0.2, 0) is 20.0 Å². The number of halogens is 1. The standard InChI is InChI=1S/C23H26FN7O2/c1-13-9-19(30(4)28-13)16-11-26-23(31-12-18(27-21(16)31)22(32)29(2)3)25-10-15-14-7-8-33-20(14)6-5-17(15)24/h5-6,9,11-12,22,32H,7-8,10H2,1-4H3,(H,25,26). The monoisotopic (exact) mass is 451 g/mol. The number of aliphatic hydroxyl groups excluding tert-OH is 1. The van der Waals surface area contributed by atoms with E-state index in [0.717, 1.165) is 28.3 Å². The van der Waals surface area contributed by atoms with Crippen molar-refractivity contribution < 1.29 is 14.2 Å². The van der Waals surface area contributed by atoms with Crippen LogP contribution in [0.3, 0.4) is 0 Å². The molecule has 0 fully saturated rings. The molecular formula is C23H26FN7O2. The molecule has 2 N–H and O–H groups in total. The van der Waals surface area contributed by atoms with Gasteiger partial charge < -0.3 is 15.2 Å². The maximum absolute atomic E-state index is 14.6. The third-order valence-electron chi connectivity index (χ3n) is 5.91. The quantitative estimate of drug-likeness (QED) is 0.436. The molecule has 1 aromatic carbocycles. The number of nitrogens with zero attached hydrogens (tertiary/aromatic N) is 6. The number of anilines is 1. The van der Waals surface area contributed by atoms with E-state index in [-0.39, 0.29) is 12.4 Å². The molecule has 10 heteroatoms. The molecule has 33 heavy (non-hydrogen) atoms. The van der Waals surface area contributed by atoms with Gasteiger partial charge in [0.15, 0.2) is 11.9 Å². The van der Waals surface area contributed by atoms with Crippen molar-refractivity contribution in [3.8, 4) is 17.0 Å². The molecule has 4 aromatic rings. The van der Waals surface area contributed by atoms with E-state index in [1.165, 1.54) is 6.07 Å². The highest BCUT2D eigenvalue weighted by Gasteiger charge is 2.22. The Morgan fingerprint density at radius 1 is 1.33 bits per heavy atom. The number of benzene rings is 1. The summed E-state index contributed by atoms with van der Waals surface area (Å²) in [5.74, 6) is 0.944. The minimum absolute atomic E-state index is 0.244. The number of aryl methyl sites for hydroxylation is 2. The molecule has 4 heterocycles. The average Bonchev–Trinajstić information content (AvgIpc) is 3.50. The molecule has 3 aromatic heterocycles. The molecule has 1 aliphatic rings. The van der Waals surface area contributed by atoms with E-state index in [9.17, 15) is 9.50 Å². The molecule has 0 bridgehead atoms. The highest BCUT2D eigenvalue weighted by atomic mass is 19.1. The average molecular weight is 452 g/mol. The fourth-order valence-electron chi connectivity index (χ4n) is 4.23. The molecule has 9 nitrogen and oxygen atoms in total. The Morgan fingerprint density at radius 3 is 2.88 bits per heavy atom. The van der Waals surface area contributed by atoms with Gasteiger partial charge in [0.25, 0.3) is 0 Å². The van der Waals surface area contributed by atoms with Gasteiger partial charge in [-0.1, -0.05) is 0 Å². The summed E-state index contributed by atoms with van der Waals surface area (Å²) in [5.41, 5.74) is 5.07. The normalized spacial score (nSPS) is 14.0. The van der Waals surface area contributed by atoms with Crippen LogP contribution < -0.4 is 10.1 Å². The van der Waals surface area contributed by atoms with Crippen LogP contribution in [0.15, 0.2) is 30.6 Å². The van der Waals surface area contributed by atoms with Crippen LogP contribution in [0.5, 0.6) is 5.75 Å². The first-order valence-electron chi connectivity index (χ1n) is 10.7. The van der Waals surface area contributed by atoms with Gasteiger partial charge >= 0.3 is 0 Å². The molecule has 0 saturated carbocycles. The van der Waals surface area contributed by atoms with Crippen LogP contribution in [0, 0.1) is 12.7 Å². The van der Waals surface area contributed by atoms with E-state index in [1.54, 1.807) is 46.5 Å². The van der Waals surface area contributed by atoms with Crippen molar-refractivity contribution in [3.05, 3.63) is 58.9 Å². The summed E-state index contributed by atoms with van der Waals surface area (Å²) < 4.78 is 23.8. The third-order valence-corrected chi connectivity index (χ3v) is 5.91. The first kappa shape index (κ1) is 21.4.